The molecule has 3 nitrogen and oxygen atoms in total. The Morgan fingerprint density at radius 3 is 2.62 bits per heavy atom. The summed E-state index contributed by atoms with van der Waals surface area (Å²) in [5, 5.41) is 6.73. The lowest BCUT2D eigenvalue weighted by atomic mass is 10.1. The molecule has 1 amide bonds. The van der Waals surface area contributed by atoms with Gasteiger partial charge in [0.25, 0.3) is 0 Å². The van der Waals surface area contributed by atoms with Gasteiger partial charge in [-0.25, -0.2) is 0 Å². The first-order chi connectivity index (χ1) is 10.1. The highest BCUT2D eigenvalue weighted by atomic mass is 35.5. The topological polar surface area (TPSA) is 41.1 Å². The molecule has 2 aromatic carbocycles. The van der Waals surface area contributed by atoms with E-state index in [1.807, 2.05) is 37.3 Å². The van der Waals surface area contributed by atoms with E-state index in [9.17, 15) is 4.79 Å². The third-order valence-corrected chi connectivity index (χ3v) is 3.54. The second kappa shape index (κ2) is 7.14. The number of nitrogens with one attached hydrogen (secondary N) is 2. The molecule has 0 spiro atoms. The zero-order valence-electron chi connectivity index (χ0n) is 12.2. The second-order valence-corrected chi connectivity index (χ2v) is 5.31. The molecule has 0 bridgehead atoms. The number of amides is 1. The van der Waals surface area contributed by atoms with Crippen LogP contribution in [0.2, 0.25) is 5.02 Å². The first-order valence-electron chi connectivity index (χ1n) is 6.98. The molecule has 0 aliphatic carbocycles. The van der Waals surface area contributed by atoms with Crippen LogP contribution in [0.3, 0.4) is 0 Å². The molecule has 0 heterocycles. The number of benzene rings is 2. The molecule has 0 aliphatic heterocycles. The summed E-state index contributed by atoms with van der Waals surface area (Å²) in [6, 6.07) is 13.4. The van der Waals surface area contributed by atoms with Crippen molar-refractivity contribution in [3.8, 4) is 0 Å². The molecule has 0 radical (unpaired) electrons. The molecule has 110 valence electrons. The molecule has 4 heteroatoms. The van der Waals surface area contributed by atoms with Crippen LogP contribution in [0.15, 0.2) is 42.5 Å². The van der Waals surface area contributed by atoms with Gasteiger partial charge >= 0.3 is 0 Å². The van der Waals surface area contributed by atoms with Gasteiger partial charge in [-0.3, -0.25) is 4.79 Å². The van der Waals surface area contributed by atoms with Crippen LogP contribution >= 0.6 is 11.6 Å². The SMILES string of the molecule is CCc1ccccc1NCC(=O)Nc1ccc(Cl)cc1C. The highest BCUT2D eigenvalue weighted by Gasteiger charge is 2.06. The van der Waals surface area contributed by atoms with Gasteiger partial charge in [-0.05, 0) is 48.7 Å². The Kier molecular flexibility index (Phi) is 5.23. The first kappa shape index (κ1) is 15.4. The normalized spacial score (nSPS) is 10.2. The highest BCUT2D eigenvalue weighted by Crippen LogP contribution is 2.19. The number of anilines is 2. The van der Waals surface area contributed by atoms with Gasteiger partial charge in [0.15, 0.2) is 0 Å². The van der Waals surface area contributed by atoms with Crippen LogP contribution < -0.4 is 10.6 Å². The lowest BCUT2D eigenvalue weighted by Crippen LogP contribution is -2.22. The molecule has 21 heavy (non-hydrogen) atoms. The minimum absolute atomic E-state index is 0.0775. The van der Waals surface area contributed by atoms with Gasteiger partial charge in [-0.2, -0.15) is 0 Å². The van der Waals surface area contributed by atoms with Crippen molar-refractivity contribution in [2.75, 3.05) is 17.2 Å². The molecule has 0 fully saturated rings. The van der Waals surface area contributed by atoms with E-state index in [1.54, 1.807) is 6.07 Å². The molecular formula is C17H19ClN2O. The average Bonchev–Trinajstić information content (AvgIpc) is 2.48. The van der Waals surface area contributed by atoms with Gasteiger partial charge in [0, 0.05) is 16.4 Å². The van der Waals surface area contributed by atoms with Crippen molar-refractivity contribution in [2.45, 2.75) is 20.3 Å². The van der Waals surface area contributed by atoms with Crippen molar-refractivity contribution in [1.29, 1.82) is 0 Å². The fraction of sp³-hybridized carbons (Fsp3) is 0.235. The Labute approximate surface area is 130 Å². The summed E-state index contributed by atoms with van der Waals surface area (Å²) in [5.74, 6) is -0.0775. The Morgan fingerprint density at radius 2 is 1.90 bits per heavy atom. The maximum absolute atomic E-state index is 12.0. The van der Waals surface area contributed by atoms with Crippen LogP contribution in [0.5, 0.6) is 0 Å². The maximum Gasteiger partial charge on any atom is 0.243 e. The second-order valence-electron chi connectivity index (χ2n) is 4.87. The van der Waals surface area contributed by atoms with E-state index in [-0.39, 0.29) is 12.5 Å². The number of carbonyl (C=O) groups excluding carboxylic acids is 1. The van der Waals surface area contributed by atoms with E-state index < -0.39 is 0 Å². The molecule has 0 aromatic heterocycles. The highest BCUT2D eigenvalue weighted by molar-refractivity contribution is 6.30. The third kappa shape index (κ3) is 4.23. The van der Waals surface area contributed by atoms with E-state index in [2.05, 4.69) is 23.6 Å². The summed E-state index contributed by atoms with van der Waals surface area (Å²) in [6.45, 7) is 4.25. The van der Waals surface area contributed by atoms with E-state index >= 15 is 0 Å². The lowest BCUT2D eigenvalue weighted by Gasteiger charge is -2.12. The Morgan fingerprint density at radius 1 is 1.14 bits per heavy atom. The van der Waals surface area contributed by atoms with Crippen LogP contribution in [-0.2, 0) is 11.2 Å². The Balaban J connectivity index is 1.96. The number of rotatable bonds is 5. The van der Waals surface area contributed by atoms with E-state index in [0.717, 1.165) is 23.4 Å². The van der Waals surface area contributed by atoms with E-state index in [4.69, 9.17) is 11.6 Å². The van der Waals surface area contributed by atoms with Crippen molar-refractivity contribution >= 4 is 28.9 Å². The van der Waals surface area contributed by atoms with Crippen molar-refractivity contribution in [2.24, 2.45) is 0 Å². The number of para-hydroxylation sites is 1. The molecule has 0 saturated heterocycles. The van der Waals surface area contributed by atoms with Crippen molar-refractivity contribution in [3.05, 3.63) is 58.6 Å². The molecule has 0 unspecified atom stereocenters. The fourth-order valence-corrected chi connectivity index (χ4v) is 2.36. The largest absolute Gasteiger partial charge is 0.376 e. The monoisotopic (exact) mass is 302 g/mol. The average molecular weight is 303 g/mol. The van der Waals surface area contributed by atoms with Crippen LogP contribution in [0.1, 0.15) is 18.1 Å². The molecule has 0 aliphatic rings. The van der Waals surface area contributed by atoms with E-state index in [1.165, 1.54) is 5.56 Å². The quantitative estimate of drug-likeness (QED) is 0.866. The number of hydrogen-bond donors (Lipinski definition) is 2. The van der Waals surface area contributed by atoms with E-state index in [0.29, 0.717) is 5.02 Å². The van der Waals surface area contributed by atoms with Crippen LogP contribution in [-0.4, -0.2) is 12.5 Å². The molecular weight excluding hydrogens is 284 g/mol. The molecule has 2 N–H and O–H groups in total. The van der Waals surface area contributed by atoms with Crippen molar-refractivity contribution in [3.63, 3.8) is 0 Å². The smallest absolute Gasteiger partial charge is 0.243 e. The van der Waals surface area contributed by atoms with Gasteiger partial charge in [0.1, 0.15) is 0 Å². The third-order valence-electron chi connectivity index (χ3n) is 3.30. The summed E-state index contributed by atoms with van der Waals surface area (Å²) >= 11 is 5.90. The fourth-order valence-electron chi connectivity index (χ4n) is 2.14. The summed E-state index contributed by atoms with van der Waals surface area (Å²) in [4.78, 5) is 12.0. The number of carbonyl (C=O) groups is 1. The predicted octanol–water partition coefficient (Wildman–Crippen LogP) is 4.26. The Hall–Kier alpha value is -2.00. The van der Waals surface area contributed by atoms with Gasteiger partial charge in [-0.15, -0.1) is 0 Å². The summed E-state index contributed by atoms with van der Waals surface area (Å²) in [5.41, 5.74) is 3.94. The van der Waals surface area contributed by atoms with Crippen LogP contribution in [0, 0.1) is 6.92 Å². The van der Waals surface area contributed by atoms with Crippen LogP contribution in [0.4, 0.5) is 11.4 Å². The Bertz CT molecular complexity index is 640. The predicted molar refractivity (Wildman–Crippen MR) is 89.1 cm³/mol. The summed E-state index contributed by atoms with van der Waals surface area (Å²) in [7, 11) is 0. The lowest BCUT2D eigenvalue weighted by molar-refractivity contribution is -0.114. The first-order valence-corrected chi connectivity index (χ1v) is 7.35. The molecule has 2 aromatic rings. The summed E-state index contributed by atoms with van der Waals surface area (Å²) < 4.78 is 0. The zero-order valence-corrected chi connectivity index (χ0v) is 13.0. The van der Waals surface area contributed by atoms with Gasteiger partial charge in [0.2, 0.25) is 5.91 Å². The maximum atomic E-state index is 12.0. The minimum Gasteiger partial charge on any atom is -0.376 e. The molecule has 0 saturated carbocycles. The number of aryl methyl sites for hydroxylation is 2. The zero-order chi connectivity index (χ0) is 15.2. The standard InChI is InChI=1S/C17H19ClN2O/c1-3-13-6-4-5-7-16(13)19-11-17(21)20-15-9-8-14(18)10-12(15)2/h4-10,19H,3,11H2,1-2H3,(H,20,21). The van der Waals surface area contributed by atoms with Crippen LogP contribution in [0.25, 0.3) is 0 Å². The minimum atomic E-state index is -0.0775. The molecule has 2 rings (SSSR count). The number of hydrogen-bond acceptors (Lipinski definition) is 2. The summed E-state index contributed by atoms with van der Waals surface area (Å²) in [6.07, 6.45) is 0.932. The van der Waals surface area contributed by atoms with Gasteiger partial charge < -0.3 is 10.6 Å². The van der Waals surface area contributed by atoms with Gasteiger partial charge in [0.05, 0.1) is 6.54 Å². The van der Waals surface area contributed by atoms with Crippen molar-refractivity contribution < 1.29 is 4.79 Å². The van der Waals surface area contributed by atoms with Gasteiger partial charge in [-0.1, -0.05) is 36.7 Å². The van der Waals surface area contributed by atoms with Crippen molar-refractivity contribution in [1.82, 2.24) is 0 Å². The number of halogens is 1. The molecule has 0 atom stereocenters.